The van der Waals surface area contributed by atoms with Crippen molar-refractivity contribution in [3.8, 4) is 11.1 Å². The number of nitrogens with two attached hydrogens (primary N) is 1. The molecule has 0 aliphatic rings. The minimum Gasteiger partial charge on any atom is -0.384 e. The number of rotatable bonds is 3. The molecule has 0 fully saturated rings. The summed E-state index contributed by atoms with van der Waals surface area (Å²) < 4.78 is 0. The van der Waals surface area contributed by atoms with E-state index in [1.807, 2.05) is 48.5 Å². The van der Waals surface area contributed by atoms with Crippen molar-refractivity contribution in [3.63, 3.8) is 0 Å². The highest BCUT2D eigenvalue weighted by molar-refractivity contribution is 6.05. The number of hydrogen-bond acceptors (Lipinski definition) is 2. The summed E-state index contributed by atoms with van der Waals surface area (Å²) in [4.78, 5) is 11.4. The second-order valence-corrected chi connectivity index (χ2v) is 4.86. The van der Waals surface area contributed by atoms with Crippen molar-refractivity contribution in [2.75, 3.05) is 0 Å². The van der Waals surface area contributed by atoms with Crippen LogP contribution in [0.5, 0.6) is 0 Å². The second-order valence-electron chi connectivity index (χ2n) is 4.86. The Morgan fingerprint density at radius 1 is 0.952 bits per heavy atom. The van der Waals surface area contributed by atoms with Gasteiger partial charge in [-0.2, -0.15) is 0 Å². The largest absolute Gasteiger partial charge is 0.384 e. The number of nitrogens with one attached hydrogen (secondary N) is 1. The Labute approximate surface area is 122 Å². The summed E-state index contributed by atoms with van der Waals surface area (Å²) in [6.45, 7) is 0. The molecule has 0 heterocycles. The van der Waals surface area contributed by atoms with Crippen molar-refractivity contribution in [2.24, 2.45) is 5.73 Å². The maximum absolute atomic E-state index is 11.4. The van der Waals surface area contributed by atoms with Crippen LogP contribution in [0.3, 0.4) is 0 Å². The lowest BCUT2D eigenvalue weighted by Gasteiger charge is -2.10. The fraction of sp³-hybridized carbons (Fsp3) is 0. The van der Waals surface area contributed by atoms with Crippen molar-refractivity contribution in [2.45, 2.75) is 0 Å². The zero-order valence-electron chi connectivity index (χ0n) is 11.3. The molecule has 3 N–H and O–H groups in total. The Balaban J connectivity index is 2.27. The first-order chi connectivity index (χ1) is 10.2. The summed E-state index contributed by atoms with van der Waals surface area (Å²) in [7, 11) is 0. The number of fused-ring (bicyclic) bond motifs is 1. The molecule has 0 saturated heterocycles. The second kappa shape index (κ2) is 5.21. The van der Waals surface area contributed by atoms with Gasteiger partial charge in [0.15, 0.2) is 6.29 Å². The molecule has 0 aliphatic heterocycles. The Kier molecular flexibility index (Phi) is 3.24. The summed E-state index contributed by atoms with van der Waals surface area (Å²) in [5, 5.41) is 9.57. The lowest BCUT2D eigenvalue weighted by atomic mass is 9.93. The molecular weight excluding hydrogens is 260 g/mol. The monoisotopic (exact) mass is 274 g/mol. The number of carbonyl (C=O) groups excluding carboxylic acids is 1. The third kappa shape index (κ3) is 2.30. The van der Waals surface area contributed by atoms with Gasteiger partial charge in [0.05, 0.1) is 0 Å². The Morgan fingerprint density at radius 3 is 2.33 bits per heavy atom. The predicted octanol–water partition coefficient (Wildman–Crippen LogP) is 3.60. The van der Waals surface area contributed by atoms with Crippen molar-refractivity contribution in [3.05, 3.63) is 71.8 Å². The lowest BCUT2D eigenvalue weighted by Crippen LogP contribution is -2.10. The minimum atomic E-state index is 0.0371. The molecule has 0 spiro atoms. The molecule has 21 heavy (non-hydrogen) atoms. The van der Waals surface area contributed by atoms with E-state index in [2.05, 4.69) is 0 Å². The van der Waals surface area contributed by atoms with Gasteiger partial charge in [-0.1, -0.05) is 60.7 Å². The molecule has 3 heteroatoms. The number of nitrogen functional groups attached to an aromatic ring is 1. The Bertz CT molecular complexity index is 835. The predicted molar refractivity (Wildman–Crippen MR) is 85.8 cm³/mol. The standard InChI is InChI=1S/C18H14N2O/c19-18(20)14-8-6-13(7-9-14)17-15(11-21)10-5-12-3-1-2-4-16(12)17/h1-11H,(H3,19,20). The van der Waals surface area contributed by atoms with Crippen LogP contribution in [-0.4, -0.2) is 12.1 Å². The van der Waals surface area contributed by atoms with E-state index in [9.17, 15) is 4.79 Å². The highest BCUT2D eigenvalue weighted by Gasteiger charge is 2.09. The van der Waals surface area contributed by atoms with Gasteiger partial charge in [0.25, 0.3) is 0 Å². The van der Waals surface area contributed by atoms with Gasteiger partial charge < -0.3 is 5.73 Å². The van der Waals surface area contributed by atoms with Gasteiger partial charge in [-0.15, -0.1) is 0 Å². The summed E-state index contributed by atoms with van der Waals surface area (Å²) in [6, 6.07) is 19.2. The van der Waals surface area contributed by atoms with Crippen LogP contribution in [0.4, 0.5) is 0 Å². The maximum Gasteiger partial charge on any atom is 0.150 e. The molecular formula is C18H14N2O. The summed E-state index contributed by atoms with van der Waals surface area (Å²) in [5.41, 5.74) is 8.66. The van der Waals surface area contributed by atoms with E-state index < -0.39 is 0 Å². The zero-order valence-corrected chi connectivity index (χ0v) is 11.3. The van der Waals surface area contributed by atoms with Crippen LogP contribution in [0, 0.1) is 5.41 Å². The van der Waals surface area contributed by atoms with Gasteiger partial charge >= 0.3 is 0 Å². The normalized spacial score (nSPS) is 10.5. The first kappa shape index (κ1) is 13.1. The summed E-state index contributed by atoms with van der Waals surface area (Å²) >= 11 is 0. The Hall–Kier alpha value is -2.94. The van der Waals surface area contributed by atoms with Crippen LogP contribution in [0.2, 0.25) is 0 Å². The fourth-order valence-corrected chi connectivity index (χ4v) is 2.53. The van der Waals surface area contributed by atoms with Crippen LogP contribution >= 0.6 is 0 Å². The van der Waals surface area contributed by atoms with Crippen LogP contribution in [-0.2, 0) is 0 Å². The van der Waals surface area contributed by atoms with E-state index in [1.54, 1.807) is 12.1 Å². The number of amidine groups is 1. The first-order valence-electron chi connectivity index (χ1n) is 6.62. The minimum absolute atomic E-state index is 0.0371. The molecule has 3 nitrogen and oxygen atoms in total. The van der Waals surface area contributed by atoms with Gasteiger partial charge in [0.1, 0.15) is 5.84 Å². The van der Waals surface area contributed by atoms with E-state index in [0.717, 1.165) is 28.2 Å². The van der Waals surface area contributed by atoms with Gasteiger partial charge in [-0.3, -0.25) is 10.2 Å². The topological polar surface area (TPSA) is 66.9 Å². The summed E-state index contributed by atoms with van der Waals surface area (Å²) in [6.07, 6.45) is 0.876. The van der Waals surface area contributed by atoms with E-state index in [0.29, 0.717) is 11.1 Å². The third-order valence-corrected chi connectivity index (χ3v) is 3.57. The molecule has 0 atom stereocenters. The molecule has 102 valence electrons. The van der Waals surface area contributed by atoms with Crippen LogP contribution in [0.1, 0.15) is 15.9 Å². The van der Waals surface area contributed by atoms with Crippen molar-refractivity contribution >= 4 is 22.9 Å². The lowest BCUT2D eigenvalue weighted by molar-refractivity contribution is 0.112. The van der Waals surface area contributed by atoms with Crippen LogP contribution in [0.25, 0.3) is 21.9 Å². The number of aldehydes is 1. The highest BCUT2D eigenvalue weighted by atomic mass is 16.1. The van der Waals surface area contributed by atoms with E-state index in [-0.39, 0.29) is 5.84 Å². The average molecular weight is 274 g/mol. The van der Waals surface area contributed by atoms with E-state index in [4.69, 9.17) is 11.1 Å². The van der Waals surface area contributed by atoms with E-state index in [1.165, 1.54) is 0 Å². The Morgan fingerprint density at radius 2 is 1.67 bits per heavy atom. The molecule has 0 radical (unpaired) electrons. The van der Waals surface area contributed by atoms with Gasteiger partial charge in [0.2, 0.25) is 0 Å². The molecule has 0 unspecified atom stereocenters. The molecule has 3 aromatic carbocycles. The van der Waals surface area contributed by atoms with Crippen LogP contribution in [0.15, 0.2) is 60.7 Å². The molecule has 0 aromatic heterocycles. The number of benzene rings is 3. The molecule has 0 amide bonds. The van der Waals surface area contributed by atoms with Crippen molar-refractivity contribution in [1.29, 1.82) is 5.41 Å². The highest BCUT2D eigenvalue weighted by Crippen LogP contribution is 2.31. The first-order valence-corrected chi connectivity index (χ1v) is 6.62. The maximum atomic E-state index is 11.4. The van der Waals surface area contributed by atoms with Gasteiger partial charge in [-0.05, 0) is 21.9 Å². The van der Waals surface area contributed by atoms with Crippen LogP contribution < -0.4 is 5.73 Å². The van der Waals surface area contributed by atoms with E-state index >= 15 is 0 Å². The molecule has 0 aliphatic carbocycles. The molecule has 0 saturated carbocycles. The average Bonchev–Trinajstić information content (AvgIpc) is 2.53. The molecule has 0 bridgehead atoms. The molecule has 3 aromatic rings. The molecule has 3 rings (SSSR count). The zero-order chi connectivity index (χ0) is 14.8. The SMILES string of the molecule is N=C(N)c1ccc(-c2c(C=O)ccc3ccccc23)cc1. The van der Waals surface area contributed by atoms with Crippen molar-refractivity contribution < 1.29 is 4.79 Å². The smallest absolute Gasteiger partial charge is 0.150 e. The quantitative estimate of drug-likeness (QED) is 0.435. The fourth-order valence-electron chi connectivity index (χ4n) is 2.53. The van der Waals surface area contributed by atoms with Crippen molar-refractivity contribution in [1.82, 2.24) is 0 Å². The number of carbonyl (C=O) groups is 1. The number of hydrogen-bond donors (Lipinski definition) is 2. The van der Waals surface area contributed by atoms with Gasteiger partial charge in [0, 0.05) is 11.1 Å². The van der Waals surface area contributed by atoms with Gasteiger partial charge in [-0.25, -0.2) is 0 Å². The summed E-state index contributed by atoms with van der Waals surface area (Å²) in [5.74, 6) is 0.0371. The third-order valence-electron chi connectivity index (χ3n) is 3.57.